The van der Waals surface area contributed by atoms with Crippen LogP contribution in [0, 0.1) is 0 Å². The number of amides is 1. The van der Waals surface area contributed by atoms with Gasteiger partial charge < -0.3 is 9.80 Å². The summed E-state index contributed by atoms with van der Waals surface area (Å²) in [5.41, 5.74) is 0.844. The highest BCUT2D eigenvalue weighted by molar-refractivity contribution is 6.07. The van der Waals surface area contributed by atoms with Crippen LogP contribution >= 0.6 is 0 Å². The molecule has 2 heterocycles. The molecule has 0 atom stereocenters. The fourth-order valence-electron chi connectivity index (χ4n) is 4.20. The fourth-order valence-corrected chi connectivity index (χ4v) is 4.20. The zero-order chi connectivity index (χ0) is 17.2. The number of hydrogen-bond donors (Lipinski definition) is 0. The third-order valence-corrected chi connectivity index (χ3v) is 5.83. The van der Waals surface area contributed by atoms with Crippen LogP contribution in [0.25, 0.3) is 10.8 Å². The van der Waals surface area contributed by atoms with E-state index in [2.05, 4.69) is 35.0 Å². The molecule has 25 heavy (non-hydrogen) atoms. The summed E-state index contributed by atoms with van der Waals surface area (Å²) in [6, 6.07) is 14.8. The molecule has 0 radical (unpaired) electrons. The third-order valence-electron chi connectivity index (χ3n) is 5.83. The molecule has 0 bridgehead atoms. The topological polar surface area (TPSA) is 26.8 Å². The second-order valence-corrected chi connectivity index (χ2v) is 7.39. The first-order valence-electron chi connectivity index (χ1n) is 9.42. The number of carbonyl (C=O) groups excluding carboxylic acids is 1. The van der Waals surface area contributed by atoms with E-state index in [1.165, 1.54) is 13.1 Å². The van der Waals surface area contributed by atoms with E-state index >= 15 is 0 Å². The highest BCUT2D eigenvalue weighted by Crippen LogP contribution is 2.23. The van der Waals surface area contributed by atoms with Crippen LogP contribution in [0.3, 0.4) is 0 Å². The van der Waals surface area contributed by atoms with Crippen LogP contribution in [0.5, 0.6) is 0 Å². The molecule has 0 aliphatic carbocycles. The molecule has 2 aromatic rings. The molecule has 2 fully saturated rings. The SMILES string of the molecule is CN1CCN(C2CCN(C(=O)c3cccc4ccccc34)CC2)CC1. The second-order valence-electron chi connectivity index (χ2n) is 7.39. The smallest absolute Gasteiger partial charge is 0.254 e. The van der Waals surface area contributed by atoms with Crippen LogP contribution in [0.15, 0.2) is 42.5 Å². The van der Waals surface area contributed by atoms with Gasteiger partial charge in [-0.1, -0.05) is 36.4 Å². The van der Waals surface area contributed by atoms with E-state index in [1.807, 2.05) is 29.2 Å². The number of fused-ring (bicyclic) bond motifs is 1. The molecular formula is C21H27N3O. The molecule has 4 heteroatoms. The Morgan fingerprint density at radius 3 is 2.32 bits per heavy atom. The average Bonchev–Trinajstić information content (AvgIpc) is 2.68. The highest BCUT2D eigenvalue weighted by Gasteiger charge is 2.29. The molecule has 2 aliphatic rings. The summed E-state index contributed by atoms with van der Waals surface area (Å²) in [6.07, 6.45) is 2.19. The molecular weight excluding hydrogens is 310 g/mol. The Morgan fingerprint density at radius 1 is 0.880 bits per heavy atom. The van der Waals surface area contributed by atoms with Crippen molar-refractivity contribution < 1.29 is 4.79 Å². The highest BCUT2D eigenvalue weighted by atomic mass is 16.2. The van der Waals surface area contributed by atoms with Gasteiger partial charge in [0.1, 0.15) is 0 Å². The molecule has 4 rings (SSSR count). The summed E-state index contributed by atoms with van der Waals surface area (Å²) in [4.78, 5) is 20.1. The number of likely N-dealkylation sites (N-methyl/N-ethyl adjacent to an activating group) is 1. The van der Waals surface area contributed by atoms with Gasteiger partial charge in [0, 0.05) is 50.9 Å². The lowest BCUT2D eigenvalue weighted by Gasteiger charge is -2.42. The van der Waals surface area contributed by atoms with Gasteiger partial charge in [0.25, 0.3) is 5.91 Å². The van der Waals surface area contributed by atoms with Crippen LogP contribution in [0.4, 0.5) is 0 Å². The first-order valence-corrected chi connectivity index (χ1v) is 9.42. The number of piperidine rings is 1. The first-order chi connectivity index (χ1) is 12.2. The van der Waals surface area contributed by atoms with Crippen molar-refractivity contribution in [1.82, 2.24) is 14.7 Å². The summed E-state index contributed by atoms with van der Waals surface area (Å²) >= 11 is 0. The molecule has 0 unspecified atom stereocenters. The molecule has 4 nitrogen and oxygen atoms in total. The maximum absolute atomic E-state index is 13.0. The summed E-state index contributed by atoms with van der Waals surface area (Å²) in [5.74, 6) is 0.189. The quantitative estimate of drug-likeness (QED) is 0.843. The first kappa shape index (κ1) is 16.6. The Bertz CT molecular complexity index is 738. The van der Waals surface area contributed by atoms with Crippen molar-refractivity contribution in [2.45, 2.75) is 18.9 Å². The molecule has 0 N–H and O–H groups in total. The lowest BCUT2D eigenvalue weighted by atomic mass is 9.99. The Kier molecular flexibility index (Phi) is 4.73. The maximum Gasteiger partial charge on any atom is 0.254 e. The number of hydrogen-bond acceptors (Lipinski definition) is 3. The second kappa shape index (κ2) is 7.14. The van der Waals surface area contributed by atoms with Crippen molar-refractivity contribution in [3.8, 4) is 0 Å². The minimum atomic E-state index is 0.189. The van der Waals surface area contributed by atoms with E-state index in [1.54, 1.807) is 0 Å². The standard InChI is InChI=1S/C21H27N3O/c1-22-13-15-23(16-14-22)18-9-11-24(12-10-18)21(25)20-8-4-6-17-5-2-3-7-19(17)20/h2-8,18H,9-16H2,1H3. The van der Waals surface area contributed by atoms with Gasteiger partial charge in [-0.15, -0.1) is 0 Å². The molecule has 0 aromatic heterocycles. The van der Waals surface area contributed by atoms with Gasteiger partial charge >= 0.3 is 0 Å². The minimum absolute atomic E-state index is 0.189. The van der Waals surface area contributed by atoms with Gasteiger partial charge in [-0.25, -0.2) is 0 Å². The van der Waals surface area contributed by atoms with Gasteiger partial charge in [-0.3, -0.25) is 9.69 Å². The van der Waals surface area contributed by atoms with Crippen LogP contribution < -0.4 is 0 Å². The van der Waals surface area contributed by atoms with Crippen LogP contribution in [-0.2, 0) is 0 Å². The van der Waals surface area contributed by atoms with Crippen LogP contribution in [0.1, 0.15) is 23.2 Å². The van der Waals surface area contributed by atoms with Gasteiger partial charge in [0.15, 0.2) is 0 Å². The number of likely N-dealkylation sites (tertiary alicyclic amines) is 1. The van der Waals surface area contributed by atoms with E-state index < -0.39 is 0 Å². The van der Waals surface area contributed by atoms with Crippen molar-refractivity contribution in [2.24, 2.45) is 0 Å². The van der Waals surface area contributed by atoms with Crippen LogP contribution in [-0.4, -0.2) is 73.0 Å². The monoisotopic (exact) mass is 337 g/mol. The van der Waals surface area contributed by atoms with Crippen molar-refractivity contribution in [3.63, 3.8) is 0 Å². The van der Waals surface area contributed by atoms with Crippen molar-refractivity contribution in [2.75, 3.05) is 46.3 Å². The fraction of sp³-hybridized carbons (Fsp3) is 0.476. The number of piperazine rings is 1. The lowest BCUT2D eigenvalue weighted by Crippen LogP contribution is -2.53. The maximum atomic E-state index is 13.0. The van der Waals surface area contributed by atoms with E-state index in [0.717, 1.165) is 55.4 Å². The lowest BCUT2D eigenvalue weighted by molar-refractivity contribution is 0.0520. The molecule has 2 aromatic carbocycles. The normalized spacial score (nSPS) is 20.9. The molecule has 2 aliphatic heterocycles. The molecule has 0 spiro atoms. The largest absolute Gasteiger partial charge is 0.339 e. The number of rotatable bonds is 2. The van der Waals surface area contributed by atoms with Crippen molar-refractivity contribution >= 4 is 16.7 Å². The number of nitrogens with zero attached hydrogens (tertiary/aromatic N) is 3. The van der Waals surface area contributed by atoms with Crippen LogP contribution in [0.2, 0.25) is 0 Å². The Hall–Kier alpha value is -1.91. The zero-order valence-electron chi connectivity index (χ0n) is 15.0. The Labute approximate surface area is 150 Å². The van der Waals surface area contributed by atoms with Crippen molar-refractivity contribution in [3.05, 3.63) is 48.0 Å². The predicted octanol–water partition coefficient (Wildman–Crippen LogP) is 2.69. The van der Waals surface area contributed by atoms with E-state index in [4.69, 9.17) is 0 Å². The van der Waals surface area contributed by atoms with Crippen molar-refractivity contribution in [1.29, 1.82) is 0 Å². The van der Waals surface area contributed by atoms with E-state index in [0.29, 0.717) is 6.04 Å². The predicted molar refractivity (Wildman–Crippen MR) is 102 cm³/mol. The summed E-state index contributed by atoms with van der Waals surface area (Å²) in [5, 5.41) is 2.21. The zero-order valence-corrected chi connectivity index (χ0v) is 15.0. The van der Waals surface area contributed by atoms with E-state index in [9.17, 15) is 4.79 Å². The molecule has 2 saturated heterocycles. The number of carbonyl (C=O) groups is 1. The van der Waals surface area contributed by atoms with Gasteiger partial charge in [-0.2, -0.15) is 0 Å². The van der Waals surface area contributed by atoms with E-state index in [-0.39, 0.29) is 5.91 Å². The van der Waals surface area contributed by atoms with Gasteiger partial charge in [0.2, 0.25) is 0 Å². The Morgan fingerprint density at radius 2 is 1.56 bits per heavy atom. The summed E-state index contributed by atoms with van der Waals surface area (Å²) in [7, 11) is 2.20. The average molecular weight is 337 g/mol. The minimum Gasteiger partial charge on any atom is -0.339 e. The summed E-state index contributed by atoms with van der Waals surface area (Å²) in [6.45, 7) is 6.40. The third kappa shape index (κ3) is 3.42. The molecule has 132 valence electrons. The summed E-state index contributed by atoms with van der Waals surface area (Å²) < 4.78 is 0. The Balaban J connectivity index is 1.43. The molecule has 1 amide bonds. The van der Waals surface area contributed by atoms with Gasteiger partial charge in [0.05, 0.1) is 0 Å². The number of benzene rings is 2. The molecule has 0 saturated carbocycles. The van der Waals surface area contributed by atoms with Gasteiger partial charge in [-0.05, 0) is 36.7 Å².